The maximum atomic E-state index is 11.4. The van der Waals surface area contributed by atoms with Gasteiger partial charge in [0.15, 0.2) is 0 Å². The van der Waals surface area contributed by atoms with E-state index in [0.29, 0.717) is 22.9 Å². The molecule has 0 spiro atoms. The van der Waals surface area contributed by atoms with Gasteiger partial charge in [-0.05, 0) is 37.0 Å². The molecule has 4 nitrogen and oxygen atoms in total. The number of anilines is 2. The van der Waals surface area contributed by atoms with Crippen LogP contribution in [0.3, 0.4) is 0 Å². The van der Waals surface area contributed by atoms with Gasteiger partial charge in [-0.2, -0.15) is 11.8 Å². The van der Waals surface area contributed by atoms with E-state index in [1.54, 1.807) is 0 Å². The Balaban J connectivity index is 2.06. The normalized spacial score (nSPS) is 22.5. The first-order chi connectivity index (χ1) is 9.74. The third-order valence-corrected chi connectivity index (χ3v) is 6.03. The van der Waals surface area contributed by atoms with E-state index in [9.17, 15) is 8.42 Å². The van der Waals surface area contributed by atoms with Gasteiger partial charge in [0.1, 0.15) is 0 Å². The second-order valence-electron chi connectivity index (χ2n) is 6.10. The zero-order valence-corrected chi connectivity index (χ0v) is 14.6. The third-order valence-electron chi connectivity index (χ3n) is 3.68. The number of nitrogens with one attached hydrogen (secondary N) is 2. The summed E-state index contributed by atoms with van der Waals surface area (Å²) in [5.74, 6) is 1.80. The Hall–Kier alpha value is -0.880. The maximum absolute atomic E-state index is 11.4. The Labute approximate surface area is 132 Å². The van der Waals surface area contributed by atoms with Crippen molar-refractivity contribution in [1.82, 2.24) is 0 Å². The molecule has 2 unspecified atom stereocenters. The average molecular weight is 329 g/mol. The van der Waals surface area contributed by atoms with Crippen molar-refractivity contribution < 1.29 is 8.42 Å². The third kappa shape index (κ3) is 4.81. The van der Waals surface area contributed by atoms with Crippen LogP contribution in [-0.2, 0) is 10.0 Å². The Kier molecular flexibility index (Phi) is 5.09. The highest BCUT2D eigenvalue weighted by atomic mass is 32.2. The largest absolute Gasteiger partial charge is 0.381 e. The van der Waals surface area contributed by atoms with Gasteiger partial charge in [-0.1, -0.05) is 19.9 Å². The SMILES string of the molecule is Cc1ccc(NC2CSC(C(C)C)C2)cc1NS(C)(=O)=O. The van der Waals surface area contributed by atoms with Gasteiger partial charge in [-0.15, -0.1) is 0 Å². The van der Waals surface area contributed by atoms with E-state index < -0.39 is 10.0 Å². The number of rotatable bonds is 5. The summed E-state index contributed by atoms with van der Waals surface area (Å²) in [6.45, 7) is 6.43. The van der Waals surface area contributed by atoms with Crippen molar-refractivity contribution in [2.24, 2.45) is 5.92 Å². The van der Waals surface area contributed by atoms with Crippen molar-refractivity contribution in [3.63, 3.8) is 0 Å². The fourth-order valence-corrected chi connectivity index (χ4v) is 4.55. The van der Waals surface area contributed by atoms with Crippen molar-refractivity contribution in [2.45, 2.75) is 38.5 Å². The molecular formula is C15H24N2O2S2. The Morgan fingerprint density at radius 1 is 1.33 bits per heavy atom. The van der Waals surface area contributed by atoms with E-state index >= 15 is 0 Å². The molecule has 1 aliphatic heterocycles. The Morgan fingerprint density at radius 3 is 2.62 bits per heavy atom. The van der Waals surface area contributed by atoms with E-state index in [1.807, 2.05) is 36.9 Å². The summed E-state index contributed by atoms with van der Waals surface area (Å²) in [5, 5.41) is 4.23. The average Bonchev–Trinajstić information content (AvgIpc) is 2.80. The molecule has 2 N–H and O–H groups in total. The minimum Gasteiger partial charge on any atom is -0.381 e. The van der Waals surface area contributed by atoms with Crippen LogP contribution in [-0.4, -0.2) is 31.7 Å². The van der Waals surface area contributed by atoms with Crippen LogP contribution in [0.25, 0.3) is 0 Å². The molecule has 2 rings (SSSR count). The fourth-order valence-electron chi connectivity index (χ4n) is 2.48. The van der Waals surface area contributed by atoms with Gasteiger partial charge in [0.2, 0.25) is 10.0 Å². The zero-order chi connectivity index (χ0) is 15.6. The van der Waals surface area contributed by atoms with Gasteiger partial charge in [0, 0.05) is 22.7 Å². The first-order valence-electron chi connectivity index (χ1n) is 7.21. The van der Waals surface area contributed by atoms with Crippen molar-refractivity contribution in [1.29, 1.82) is 0 Å². The lowest BCUT2D eigenvalue weighted by molar-refractivity contribution is 0.568. The second-order valence-corrected chi connectivity index (χ2v) is 9.12. The number of hydrogen-bond acceptors (Lipinski definition) is 4. The minimum absolute atomic E-state index is 0.455. The first kappa shape index (κ1) is 16.5. The number of thioether (sulfide) groups is 1. The fraction of sp³-hybridized carbons (Fsp3) is 0.600. The van der Waals surface area contributed by atoms with Crippen LogP contribution < -0.4 is 10.0 Å². The van der Waals surface area contributed by atoms with Gasteiger partial charge < -0.3 is 5.32 Å². The maximum Gasteiger partial charge on any atom is 0.229 e. The Morgan fingerprint density at radius 2 is 2.05 bits per heavy atom. The van der Waals surface area contributed by atoms with Gasteiger partial charge in [0.25, 0.3) is 0 Å². The van der Waals surface area contributed by atoms with Crippen LogP contribution in [0.2, 0.25) is 0 Å². The molecule has 0 aromatic heterocycles. The highest BCUT2D eigenvalue weighted by Gasteiger charge is 2.27. The number of hydrogen-bond donors (Lipinski definition) is 2. The second kappa shape index (κ2) is 6.48. The summed E-state index contributed by atoms with van der Waals surface area (Å²) in [4.78, 5) is 0. The lowest BCUT2D eigenvalue weighted by Gasteiger charge is -2.17. The molecule has 1 aromatic carbocycles. The monoisotopic (exact) mass is 328 g/mol. The predicted octanol–water partition coefficient (Wildman–Crippen LogP) is 3.31. The summed E-state index contributed by atoms with van der Waals surface area (Å²) in [5.41, 5.74) is 2.54. The number of aryl methyl sites for hydroxylation is 1. The quantitative estimate of drug-likeness (QED) is 0.870. The van der Waals surface area contributed by atoms with Crippen LogP contribution in [0.4, 0.5) is 11.4 Å². The van der Waals surface area contributed by atoms with Crippen LogP contribution in [0.15, 0.2) is 18.2 Å². The van der Waals surface area contributed by atoms with Crippen LogP contribution in [0.1, 0.15) is 25.8 Å². The van der Waals surface area contributed by atoms with Crippen LogP contribution in [0, 0.1) is 12.8 Å². The van der Waals surface area contributed by atoms with Gasteiger partial charge >= 0.3 is 0 Å². The van der Waals surface area contributed by atoms with E-state index in [0.717, 1.165) is 23.4 Å². The predicted molar refractivity (Wildman–Crippen MR) is 92.8 cm³/mol. The van der Waals surface area contributed by atoms with Crippen molar-refractivity contribution in [2.75, 3.05) is 22.0 Å². The lowest BCUT2D eigenvalue weighted by atomic mass is 10.0. The van der Waals surface area contributed by atoms with E-state index in [1.165, 1.54) is 6.26 Å². The summed E-state index contributed by atoms with van der Waals surface area (Å²) < 4.78 is 25.4. The molecular weight excluding hydrogens is 304 g/mol. The molecule has 1 aliphatic rings. The molecule has 1 heterocycles. The smallest absolute Gasteiger partial charge is 0.229 e. The standard InChI is InChI=1S/C15H24N2O2S2/c1-10(2)15-8-13(9-20-15)16-12-6-5-11(3)14(7-12)17-21(4,18)19/h5-7,10,13,15-17H,8-9H2,1-4H3. The molecule has 0 aliphatic carbocycles. The number of benzene rings is 1. The molecule has 1 saturated heterocycles. The molecule has 6 heteroatoms. The zero-order valence-electron chi connectivity index (χ0n) is 13.0. The molecule has 0 bridgehead atoms. The highest BCUT2D eigenvalue weighted by Crippen LogP contribution is 2.34. The summed E-state index contributed by atoms with van der Waals surface area (Å²) >= 11 is 2.02. The van der Waals surface area contributed by atoms with Crippen LogP contribution in [0.5, 0.6) is 0 Å². The van der Waals surface area contributed by atoms with E-state index in [2.05, 4.69) is 23.9 Å². The molecule has 21 heavy (non-hydrogen) atoms. The van der Waals surface area contributed by atoms with Crippen LogP contribution >= 0.6 is 11.8 Å². The molecule has 1 aromatic rings. The van der Waals surface area contributed by atoms with Crippen molar-refractivity contribution >= 4 is 33.2 Å². The molecule has 0 radical (unpaired) electrons. The molecule has 1 fully saturated rings. The van der Waals surface area contributed by atoms with Crippen molar-refractivity contribution in [3.8, 4) is 0 Å². The Bertz CT molecular complexity index is 600. The molecule has 118 valence electrons. The van der Waals surface area contributed by atoms with Gasteiger partial charge in [-0.3, -0.25) is 4.72 Å². The lowest BCUT2D eigenvalue weighted by Crippen LogP contribution is -2.20. The minimum atomic E-state index is -3.25. The summed E-state index contributed by atoms with van der Waals surface area (Å²) in [6.07, 6.45) is 2.33. The summed E-state index contributed by atoms with van der Waals surface area (Å²) in [7, 11) is -3.25. The molecule has 0 amide bonds. The van der Waals surface area contributed by atoms with E-state index in [4.69, 9.17) is 0 Å². The van der Waals surface area contributed by atoms with E-state index in [-0.39, 0.29) is 0 Å². The summed E-state index contributed by atoms with van der Waals surface area (Å²) in [6, 6.07) is 6.29. The molecule has 0 saturated carbocycles. The van der Waals surface area contributed by atoms with Gasteiger partial charge in [-0.25, -0.2) is 8.42 Å². The van der Waals surface area contributed by atoms with Gasteiger partial charge in [0.05, 0.1) is 11.9 Å². The van der Waals surface area contributed by atoms with Crippen molar-refractivity contribution in [3.05, 3.63) is 23.8 Å². The highest BCUT2D eigenvalue weighted by molar-refractivity contribution is 8.00. The topological polar surface area (TPSA) is 58.2 Å². The number of sulfonamides is 1. The first-order valence-corrected chi connectivity index (χ1v) is 10.1. The molecule has 2 atom stereocenters.